The maximum Gasteiger partial charge on any atom is 0.227 e. The third-order valence-electron chi connectivity index (χ3n) is 3.50. The number of nitrogens with two attached hydrogens (primary N) is 1. The van der Waals surface area contributed by atoms with Gasteiger partial charge < -0.3 is 16.0 Å². The van der Waals surface area contributed by atoms with Gasteiger partial charge in [-0.3, -0.25) is 4.79 Å². The first kappa shape index (κ1) is 12.5. The molecule has 1 aliphatic rings. The van der Waals surface area contributed by atoms with Crippen molar-refractivity contribution in [2.75, 3.05) is 13.1 Å². The summed E-state index contributed by atoms with van der Waals surface area (Å²) < 4.78 is 0. The van der Waals surface area contributed by atoms with Gasteiger partial charge >= 0.3 is 0 Å². The summed E-state index contributed by atoms with van der Waals surface area (Å²) in [5.41, 5.74) is 5.76. The van der Waals surface area contributed by atoms with Gasteiger partial charge in [0.05, 0.1) is 5.92 Å². The Labute approximate surface area is 92.2 Å². The van der Waals surface area contributed by atoms with Crippen molar-refractivity contribution in [1.82, 2.24) is 10.2 Å². The first-order chi connectivity index (χ1) is 6.95. The SMILES string of the molecule is CC(N)C(C)C(=O)N1CCNC(C)C1C. The van der Waals surface area contributed by atoms with Crippen molar-refractivity contribution in [3.8, 4) is 0 Å². The van der Waals surface area contributed by atoms with E-state index >= 15 is 0 Å². The summed E-state index contributed by atoms with van der Waals surface area (Å²) in [7, 11) is 0. The second kappa shape index (κ2) is 4.94. The van der Waals surface area contributed by atoms with Gasteiger partial charge in [-0.2, -0.15) is 0 Å². The van der Waals surface area contributed by atoms with Crippen LogP contribution in [0.3, 0.4) is 0 Å². The summed E-state index contributed by atoms with van der Waals surface area (Å²) >= 11 is 0. The Kier molecular flexibility index (Phi) is 4.11. The van der Waals surface area contributed by atoms with E-state index in [1.807, 2.05) is 18.7 Å². The fourth-order valence-corrected chi connectivity index (χ4v) is 1.85. The number of carbonyl (C=O) groups is 1. The lowest BCUT2D eigenvalue weighted by Crippen LogP contribution is -2.59. The lowest BCUT2D eigenvalue weighted by atomic mass is 9.99. The average Bonchev–Trinajstić information content (AvgIpc) is 2.20. The highest BCUT2D eigenvalue weighted by molar-refractivity contribution is 5.79. The van der Waals surface area contributed by atoms with Gasteiger partial charge in [-0.25, -0.2) is 0 Å². The van der Waals surface area contributed by atoms with Crippen LogP contribution in [0.1, 0.15) is 27.7 Å². The van der Waals surface area contributed by atoms with Gasteiger partial charge in [0.25, 0.3) is 0 Å². The van der Waals surface area contributed by atoms with E-state index in [4.69, 9.17) is 5.73 Å². The molecule has 0 radical (unpaired) electrons. The molecule has 4 heteroatoms. The molecule has 0 aromatic heterocycles. The molecule has 3 N–H and O–H groups in total. The highest BCUT2D eigenvalue weighted by atomic mass is 16.2. The highest BCUT2D eigenvalue weighted by Crippen LogP contribution is 2.14. The first-order valence-corrected chi connectivity index (χ1v) is 5.74. The summed E-state index contributed by atoms with van der Waals surface area (Å²) in [6.45, 7) is 9.67. The van der Waals surface area contributed by atoms with E-state index in [1.165, 1.54) is 0 Å². The number of rotatable bonds is 2. The number of piperazine rings is 1. The normalized spacial score (nSPS) is 31.1. The van der Waals surface area contributed by atoms with E-state index in [-0.39, 0.29) is 23.9 Å². The zero-order valence-electron chi connectivity index (χ0n) is 10.2. The Bertz CT molecular complexity index is 230. The molecule has 0 aromatic carbocycles. The van der Waals surface area contributed by atoms with Gasteiger partial charge in [-0.05, 0) is 20.8 Å². The van der Waals surface area contributed by atoms with Crippen molar-refractivity contribution in [1.29, 1.82) is 0 Å². The fraction of sp³-hybridized carbons (Fsp3) is 0.909. The zero-order chi connectivity index (χ0) is 11.6. The van der Waals surface area contributed by atoms with Crippen LogP contribution in [-0.2, 0) is 4.79 Å². The van der Waals surface area contributed by atoms with Crippen LogP contribution in [0.25, 0.3) is 0 Å². The smallest absolute Gasteiger partial charge is 0.227 e. The van der Waals surface area contributed by atoms with Crippen LogP contribution in [0.4, 0.5) is 0 Å². The Morgan fingerprint density at radius 1 is 1.47 bits per heavy atom. The summed E-state index contributed by atoms with van der Waals surface area (Å²) in [6, 6.07) is 0.547. The Balaban J connectivity index is 2.66. The molecule has 4 unspecified atom stereocenters. The van der Waals surface area contributed by atoms with E-state index < -0.39 is 0 Å². The highest BCUT2D eigenvalue weighted by Gasteiger charge is 2.31. The molecule has 15 heavy (non-hydrogen) atoms. The van der Waals surface area contributed by atoms with Gasteiger partial charge in [0.15, 0.2) is 0 Å². The number of nitrogens with zero attached hydrogens (tertiary/aromatic N) is 1. The number of hydrogen-bond acceptors (Lipinski definition) is 3. The average molecular weight is 213 g/mol. The van der Waals surface area contributed by atoms with Crippen LogP contribution in [0, 0.1) is 5.92 Å². The first-order valence-electron chi connectivity index (χ1n) is 5.74. The molecule has 4 atom stereocenters. The Morgan fingerprint density at radius 3 is 2.60 bits per heavy atom. The molecular weight excluding hydrogens is 190 g/mol. The number of amides is 1. The number of nitrogens with one attached hydrogen (secondary N) is 1. The van der Waals surface area contributed by atoms with Crippen molar-refractivity contribution >= 4 is 5.91 Å². The van der Waals surface area contributed by atoms with Gasteiger partial charge in [-0.15, -0.1) is 0 Å². The van der Waals surface area contributed by atoms with Crippen LogP contribution >= 0.6 is 0 Å². The molecule has 1 fully saturated rings. The van der Waals surface area contributed by atoms with Gasteiger partial charge in [-0.1, -0.05) is 6.92 Å². The van der Waals surface area contributed by atoms with E-state index in [1.54, 1.807) is 0 Å². The molecule has 1 rings (SSSR count). The van der Waals surface area contributed by atoms with Gasteiger partial charge in [0.2, 0.25) is 5.91 Å². The third-order valence-corrected chi connectivity index (χ3v) is 3.50. The molecule has 0 aromatic rings. The lowest BCUT2D eigenvalue weighted by Gasteiger charge is -2.40. The number of hydrogen-bond donors (Lipinski definition) is 2. The second-order valence-electron chi connectivity index (χ2n) is 4.66. The second-order valence-corrected chi connectivity index (χ2v) is 4.66. The molecule has 1 aliphatic heterocycles. The van der Waals surface area contributed by atoms with Crippen LogP contribution in [0.15, 0.2) is 0 Å². The van der Waals surface area contributed by atoms with E-state index in [0.717, 1.165) is 13.1 Å². The molecule has 88 valence electrons. The third kappa shape index (κ3) is 2.69. The Hall–Kier alpha value is -0.610. The van der Waals surface area contributed by atoms with Crippen LogP contribution in [-0.4, -0.2) is 42.0 Å². The fourth-order valence-electron chi connectivity index (χ4n) is 1.85. The van der Waals surface area contributed by atoms with Crippen molar-refractivity contribution in [3.63, 3.8) is 0 Å². The quantitative estimate of drug-likeness (QED) is 0.688. The van der Waals surface area contributed by atoms with Gasteiger partial charge in [0, 0.05) is 31.2 Å². The summed E-state index contributed by atoms with van der Waals surface area (Å²) in [6.07, 6.45) is 0. The Morgan fingerprint density at radius 2 is 2.07 bits per heavy atom. The van der Waals surface area contributed by atoms with Crippen molar-refractivity contribution < 1.29 is 4.79 Å². The molecule has 0 bridgehead atoms. The molecule has 0 aliphatic carbocycles. The van der Waals surface area contributed by atoms with Crippen LogP contribution < -0.4 is 11.1 Å². The molecule has 1 saturated heterocycles. The monoisotopic (exact) mass is 213 g/mol. The predicted octanol–water partition coefficient (Wildman–Crippen LogP) is 0.179. The topological polar surface area (TPSA) is 58.4 Å². The molecular formula is C11H23N3O. The van der Waals surface area contributed by atoms with Crippen molar-refractivity contribution in [3.05, 3.63) is 0 Å². The van der Waals surface area contributed by atoms with Crippen LogP contribution in [0.5, 0.6) is 0 Å². The molecule has 1 amide bonds. The maximum atomic E-state index is 12.1. The van der Waals surface area contributed by atoms with E-state index in [9.17, 15) is 4.79 Å². The molecule has 4 nitrogen and oxygen atoms in total. The predicted molar refractivity (Wildman–Crippen MR) is 61.5 cm³/mol. The molecule has 1 heterocycles. The minimum Gasteiger partial charge on any atom is -0.337 e. The zero-order valence-corrected chi connectivity index (χ0v) is 10.2. The van der Waals surface area contributed by atoms with Gasteiger partial charge in [0.1, 0.15) is 0 Å². The van der Waals surface area contributed by atoms with Crippen molar-refractivity contribution in [2.45, 2.75) is 45.8 Å². The van der Waals surface area contributed by atoms with Crippen molar-refractivity contribution in [2.24, 2.45) is 11.7 Å². The molecule has 0 saturated carbocycles. The minimum atomic E-state index is -0.0854. The lowest BCUT2D eigenvalue weighted by molar-refractivity contribution is -0.139. The molecule has 0 spiro atoms. The minimum absolute atomic E-state index is 0.0742. The largest absolute Gasteiger partial charge is 0.337 e. The van der Waals surface area contributed by atoms with Crippen LogP contribution in [0.2, 0.25) is 0 Å². The standard InChI is InChI=1S/C11H23N3O/c1-7(8(2)12)11(15)14-6-5-13-9(3)10(14)4/h7-10,13H,5-6,12H2,1-4H3. The number of carbonyl (C=O) groups excluding carboxylic acids is 1. The van der Waals surface area contributed by atoms with E-state index in [0.29, 0.717) is 6.04 Å². The summed E-state index contributed by atoms with van der Waals surface area (Å²) in [5, 5.41) is 3.36. The summed E-state index contributed by atoms with van der Waals surface area (Å²) in [5.74, 6) is 0.101. The maximum absolute atomic E-state index is 12.1. The summed E-state index contributed by atoms with van der Waals surface area (Å²) in [4.78, 5) is 14.1. The van der Waals surface area contributed by atoms with E-state index in [2.05, 4.69) is 19.2 Å².